The van der Waals surface area contributed by atoms with E-state index < -0.39 is 0 Å². The minimum atomic E-state index is -0.249. The van der Waals surface area contributed by atoms with Gasteiger partial charge in [-0.15, -0.1) is 11.3 Å². The highest BCUT2D eigenvalue weighted by Gasteiger charge is 2.17. The second kappa shape index (κ2) is 6.34. The maximum atomic E-state index is 12.0. The molecule has 0 N–H and O–H groups in total. The summed E-state index contributed by atoms with van der Waals surface area (Å²) in [5.41, 5.74) is 3.99. The Morgan fingerprint density at radius 3 is 2.65 bits per heavy atom. The van der Waals surface area contributed by atoms with Crippen molar-refractivity contribution in [1.29, 1.82) is 0 Å². The summed E-state index contributed by atoms with van der Waals surface area (Å²) >= 11 is 1.47. The predicted octanol–water partition coefficient (Wildman–Crippen LogP) is 4.84. The fourth-order valence-corrected chi connectivity index (χ4v) is 3.60. The monoisotopic (exact) mass is 323 g/mol. The van der Waals surface area contributed by atoms with Gasteiger partial charge >= 0.3 is 5.97 Å². The van der Waals surface area contributed by atoms with E-state index in [1.807, 2.05) is 38.1 Å². The highest BCUT2D eigenvalue weighted by molar-refractivity contribution is 7.21. The standard InChI is InChI=1S/C19H17NO2S/c1-4-22-19(21)18-13(3)16-11-15(5-6-17(16)23-18)12(2)14-7-9-20-10-8-14/h5-11H,2,4H2,1,3H3. The molecule has 0 bridgehead atoms. The molecule has 0 atom stereocenters. The Hall–Kier alpha value is -2.46. The Bertz CT molecular complexity index is 881. The Balaban J connectivity index is 2.04. The number of esters is 1. The Morgan fingerprint density at radius 1 is 1.22 bits per heavy atom. The van der Waals surface area contributed by atoms with Crippen molar-refractivity contribution in [3.05, 3.63) is 70.9 Å². The van der Waals surface area contributed by atoms with Gasteiger partial charge in [-0.05, 0) is 65.8 Å². The predicted molar refractivity (Wildman–Crippen MR) is 94.9 cm³/mol. The first-order valence-electron chi connectivity index (χ1n) is 7.41. The number of pyridine rings is 1. The van der Waals surface area contributed by atoms with E-state index in [0.717, 1.165) is 32.3 Å². The van der Waals surface area contributed by atoms with Crippen molar-refractivity contribution in [3.63, 3.8) is 0 Å². The quantitative estimate of drug-likeness (QED) is 0.645. The molecule has 0 radical (unpaired) electrons. The molecule has 0 aliphatic carbocycles. The summed E-state index contributed by atoms with van der Waals surface area (Å²) < 4.78 is 6.21. The Morgan fingerprint density at radius 2 is 1.96 bits per heavy atom. The summed E-state index contributed by atoms with van der Waals surface area (Å²) in [6.45, 7) is 8.35. The van der Waals surface area contributed by atoms with Gasteiger partial charge in [-0.2, -0.15) is 0 Å². The van der Waals surface area contributed by atoms with Crippen LogP contribution >= 0.6 is 11.3 Å². The van der Waals surface area contributed by atoms with Crippen molar-refractivity contribution >= 4 is 33.0 Å². The van der Waals surface area contributed by atoms with Crippen LogP contribution in [0.25, 0.3) is 15.7 Å². The van der Waals surface area contributed by atoms with Crippen LogP contribution in [-0.2, 0) is 4.74 Å². The number of fused-ring (bicyclic) bond motifs is 1. The maximum Gasteiger partial charge on any atom is 0.348 e. The molecule has 1 aromatic carbocycles. The van der Waals surface area contributed by atoms with Crippen molar-refractivity contribution in [1.82, 2.24) is 4.98 Å². The molecule has 0 aliphatic heterocycles. The molecule has 2 heterocycles. The first-order valence-corrected chi connectivity index (χ1v) is 8.23. The number of thiophene rings is 1. The van der Waals surface area contributed by atoms with Crippen LogP contribution in [0.15, 0.2) is 49.3 Å². The number of benzene rings is 1. The lowest BCUT2D eigenvalue weighted by molar-refractivity contribution is 0.0531. The summed E-state index contributed by atoms with van der Waals surface area (Å²) in [6.07, 6.45) is 3.52. The van der Waals surface area contributed by atoms with Gasteiger partial charge in [0, 0.05) is 17.1 Å². The lowest BCUT2D eigenvalue weighted by Gasteiger charge is -2.06. The zero-order valence-electron chi connectivity index (χ0n) is 13.1. The average Bonchev–Trinajstić information content (AvgIpc) is 2.92. The van der Waals surface area contributed by atoms with E-state index >= 15 is 0 Å². The highest BCUT2D eigenvalue weighted by atomic mass is 32.1. The SMILES string of the molecule is C=C(c1ccncc1)c1ccc2sc(C(=O)OCC)c(C)c2c1. The van der Waals surface area contributed by atoms with Crippen LogP contribution in [0.5, 0.6) is 0 Å². The molecule has 0 amide bonds. The molecule has 2 aromatic heterocycles. The molecule has 0 fully saturated rings. The number of carbonyl (C=O) groups excluding carboxylic acids is 1. The van der Waals surface area contributed by atoms with E-state index in [1.54, 1.807) is 12.4 Å². The topological polar surface area (TPSA) is 39.2 Å². The molecule has 23 heavy (non-hydrogen) atoms. The molecule has 0 spiro atoms. The van der Waals surface area contributed by atoms with Crippen molar-refractivity contribution < 1.29 is 9.53 Å². The van der Waals surface area contributed by atoms with E-state index in [0.29, 0.717) is 11.5 Å². The number of aryl methyl sites for hydroxylation is 1. The summed E-state index contributed by atoms with van der Waals surface area (Å²) in [7, 11) is 0. The minimum absolute atomic E-state index is 0.249. The largest absolute Gasteiger partial charge is 0.462 e. The number of aromatic nitrogens is 1. The molecule has 116 valence electrons. The molecule has 0 aliphatic rings. The van der Waals surface area contributed by atoms with Gasteiger partial charge < -0.3 is 4.74 Å². The average molecular weight is 323 g/mol. The summed E-state index contributed by atoms with van der Waals surface area (Å²) in [5.74, 6) is -0.249. The lowest BCUT2D eigenvalue weighted by Crippen LogP contribution is -2.03. The van der Waals surface area contributed by atoms with E-state index in [4.69, 9.17) is 4.74 Å². The first kappa shape index (κ1) is 15.4. The summed E-state index contributed by atoms with van der Waals surface area (Å²) in [4.78, 5) is 16.7. The van der Waals surface area contributed by atoms with Gasteiger partial charge in [0.1, 0.15) is 4.88 Å². The van der Waals surface area contributed by atoms with Crippen LogP contribution in [0.2, 0.25) is 0 Å². The van der Waals surface area contributed by atoms with E-state index in [-0.39, 0.29) is 5.97 Å². The van der Waals surface area contributed by atoms with E-state index in [9.17, 15) is 4.79 Å². The molecule has 0 unspecified atom stereocenters. The van der Waals surface area contributed by atoms with E-state index in [2.05, 4.69) is 17.6 Å². The van der Waals surface area contributed by atoms with Crippen molar-refractivity contribution in [2.75, 3.05) is 6.61 Å². The van der Waals surface area contributed by atoms with Crippen molar-refractivity contribution in [3.8, 4) is 0 Å². The van der Waals surface area contributed by atoms with Gasteiger partial charge in [-0.25, -0.2) is 4.79 Å². The second-order valence-electron chi connectivity index (χ2n) is 5.20. The summed E-state index contributed by atoms with van der Waals surface area (Å²) in [5, 5.41) is 1.07. The van der Waals surface area contributed by atoms with Crippen molar-refractivity contribution in [2.45, 2.75) is 13.8 Å². The van der Waals surface area contributed by atoms with Crippen LogP contribution in [-0.4, -0.2) is 17.6 Å². The third kappa shape index (κ3) is 2.90. The number of hydrogen-bond acceptors (Lipinski definition) is 4. The maximum absolute atomic E-state index is 12.0. The number of rotatable bonds is 4. The van der Waals surface area contributed by atoms with Crippen LogP contribution in [0.3, 0.4) is 0 Å². The Kier molecular flexibility index (Phi) is 4.26. The highest BCUT2D eigenvalue weighted by Crippen LogP contribution is 2.34. The first-order chi connectivity index (χ1) is 11.1. The van der Waals surface area contributed by atoms with Crippen LogP contribution < -0.4 is 0 Å². The smallest absolute Gasteiger partial charge is 0.348 e. The van der Waals surface area contributed by atoms with Gasteiger partial charge in [0.15, 0.2) is 0 Å². The fourth-order valence-electron chi connectivity index (χ4n) is 2.52. The second-order valence-corrected chi connectivity index (χ2v) is 6.25. The molecule has 3 nitrogen and oxygen atoms in total. The molecule has 3 rings (SSSR count). The Labute approximate surface area is 139 Å². The molecule has 0 saturated heterocycles. The van der Waals surface area contributed by atoms with Crippen LogP contribution in [0.1, 0.15) is 33.3 Å². The number of hydrogen-bond donors (Lipinski definition) is 0. The summed E-state index contributed by atoms with van der Waals surface area (Å²) in [6, 6.07) is 10.0. The van der Waals surface area contributed by atoms with Crippen molar-refractivity contribution in [2.24, 2.45) is 0 Å². The lowest BCUT2D eigenvalue weighted by atomic mass is 9.98. The van der Waals surface area contributed by atoms with Crippen LogP contribution in [0.4, 0.5) is 0 Å². The zero-order valence-corrected chi connectivity index (χ0v) is 13.9. The van der Waals surface area contributed by atoms with Gasteiger partial charge in [-0.1, -0.05) is 12.6 Å². The van der Waals surface area contributed by atoms with Gasteiger partial charge in [0.25, 0.3) is 0 Å². The fraction of sp³-hybridized carbons (Fsp3) is 0.158. The molecule has 0 saturated carbocycles. The van der Waals surface area contributed by atoms with E-state index in [1.165, 1.54) is 11.3 Å². The number of ether oxygens (including phenoxy) is 1. The molecule has 3 aromatic rings. The number of carbonyl (C=O) groups is 1. The molecular weight excluding hydrogens is 306 g/mol. The third-order valence-corrected chi connectivity index (χ3v) is 5.03. The normalized spacial score (nSPS) is 10.7. The minimum Gasteiger partial charge on any atom is -0.462 e. The molecular formula is C19H17NO2S. The van der Waals surface area contributed by atoms with Gasteiger partial charge in [-0.3, -0.25) is 4.98 Å². The zero-order chi connectivity index (χ0) is 16.4. The number of nitrogens with zero attached hydrogens (tertiary/aromatic N) is 1. The molecule has 4 heteroatoms. The third-order valence-electron chi connectivity index (χ3n) is 3.77. The van der Waals surface area contributed by atoms with Crippen LogP contribution in [0, 0.1) is 6.92 Å². The van der Waals surface area contributed by atoms with Gasteiger partial charge in [0.2, 0.25) is 0 Å². The van der Waals surface area contributed by atoms with Gasteiger partial charge in [0.05, 0.1) is 6.61 Å².